The number of imide groups is 2. The van der Waals surface area contributed by atoms with E-state index in [1.165, 1.54) is 0 Å². The molecule has 3 rings (SSSR count). The smallest absolute Gasteiger partial charge is 0.262 e. The highest BCUT2D eigenvalue weighted by Crippen LogP contribution is 2.30. The van der Waals surface area contributed by atoms with Crippen LogP contribution in [0.3, 0.4) is 0 Å². The van der Waals surface area contributed by atoms with Gasteiger partial charge in [0.05, 0.1) is 17.7 Å². The summed E-state index contributed by atoms with van der Waals surface area (Å²) in [6.45, 7) is 1.48. The fourth-order valence-corrected chi connectivity index (χ4v) is 3.35. The van der Waals surface area contributed by atoms with E-state index in [0.717, 1.165) is 11.3 Å². The maximum atomic E-state index is 12.8. The highest BCUT2D eigenvalue weighted by Gasteiger charge is 2.44. The average molecular weight is 368 g/mol. The molecule has 140 valence electrons. The summed E-state index contributed by atoms with van der Waals surface area (Å²) < 4.78 is 0. The number of nitrogens with zero attached hydrogens (tertiary/aromatic N) is 2. The first kappa shape index (κ1) is 18.6. The number of rotatable bonds is 6. The van der Waals surface area contributed by atoms with Crippen molar-refractivity contribution in [3.8, 4) is 12.3 Å². The number of nitrogens with two attached hydrogens (primary N) is 1. The van der Waals surface area contributed by atoms with Crippen LogP contribution in [-0.2, 0) is 9.59 Å². The highest BCUT2D eigenvalue weighted by atomic mass is 16.2. The van der Waals surface area contributed by atoms with Gasteiger partial charge in [0.2, 0.25) is 11.8 Å². The number of fused-ring (bicyclic) bond motifs is 1. The van der Waals surface area contributed by atoms with Gasteiger partial charge in [0, 0.05) is 18.7 Å². The van der Waals surface area contributed by atoms with E-state index < -0.39 is 29.7 Å². The molecular formula is C19H20N4O4. The fourth-order valence-electron chi connectivity index (χ4n) is 3.35. The van der Waals surface area contributed by atoms with Crippen molar-refractivity contribution in [2.75, 3.05) is 24.5 Å². The van der Waals surface area contributed by atoms with Crippen LogP contribution in [0.5, 0.6) is 0 Å². The quantitative estimate of drug-likeness (QED) is 0.535. The van der Waals surface area contributed by atoms with Crippen LogP contribution < -0.4 is 16.0 Å². The van der Waals surface area contributed by atoms with Gasteiger partial charge < -0.3 is 10.6 Å². The molecule has 27 heavy (non-hydrogen) atoms. The van der Waals surface area contributed by atoms with Crippen LogP contribution >= 0.6 is 0 Å². The monoisotopic (exact) mass is 368 g/mol. The molecule has 1 saturated heterocycles. The number of hydrogen-bond acceptors (Lipinski definition) is 6. The van der Waals surface area contributed by atoms with Crippen molar-refractivity contribution in [1.29, 1.82) is 0 Å². The van der Waals surface area contributed by atoms with Crippen LogP contribution in [0.15, 0.2) is 18.2 Å². The summed E-state index contributed by atoms with van der Waals surface area (Å²) in [5.74, 6) is 0.479. The predicted octanol–water partition coefficient (Wildman–Crippen LogP) is -0.124. The van der Waals surface area contributed by atoms with E-state index in [9.17, 15) is 19.2 Å². The summed E-state index contributed by atoms with van der Waals surface area (Å²) in [6, 6.07) is 3.95. The molecule has 0 spiro atoms. The summed E-state index contributed by atoms with van der Waals surface area (Å²) in [5.41, 5.74) is 6.75. The van der Waals surface area contributed by atoms with Gasteiger partial charge >= 0.3 is 0 Å². The molecule has 0 aromatic heterocycles. The number of anilines is 1. The van der Waals surface area contributed by atoms with Crippen LogP contribution in [0.25, 0.3) is 0 Å². The number of amides is 4. The van der Waals surface area contributed by atoms with E-state index in [1.807, 2.05) is 4.90 Å². The van der Waals surface area contributed by atoms with Gasteiger partial charge in [0.1, 0.15) is 6.04 Å². The Balaban J connectivity index is 1.89. The van der Waals surface area contributed by atoms with Gasteiger partial charge in [-0.05, 0) is 37.6 Å². The predicted molar refractivity (Wildman–Crippen MR) is 97.8 cm³/mol. The second-order valence-corrected chi connectivity index (χ2v) is 6.45. The minimum Gasteiger partial charge on any atom is -0.360 e. The molecule has 0 radical (unpaired) electrons. The number of benzene rings is 1. The van der Waals surface area contributed by atoms with Crippen LogP contribution in [0.4, 0.5) is 5.69 Å². The molecule has 3 N–H and O–H groups in total. The minimum absolute atomic E-state index is 0.0874. The summed E-state index contributed by atoms with van der Waals surface area (Å²) in [6.07, 6.45) is 6.37. The third kappa shape index (κ3) is 3.41. The summed E-state index contributed by atoms with van der Waals surface area (Å²) in [4.78, 5) is 51.8. The molecule has 4 amide bonds. The Labute approximate surface area is 156 Å². The van der Waals surface area contributed by atoms with Gasteiger partial charge in [-0.15, -0.1) is 6.42 Å². The number of carbonyl (C=O) groups excluding carboxylic acids is 4. The van der Waals surface area contributed by atoms with Crippen molar-refractivity contribution in [1.82, 2.24) is 10.2 Å². The molecule has 8 nitrogen and oxygen atoms in total. The Morgan fingerprint density at radius 2 is 1.96 bits per heavy atom. The minimum atomic E-state index is -0.974. The third-order valence-corrected chi connectivity index (χ3v) is 4.70. The second kappa shape index (κ2) is 7.60. The molecule has 8 heteroatoms. The van der Waals surface area contributed by atoms with E-state index in [2.05, 4.69) is 11.2 Å². The van der Waals surface area contributed by atoms with Gasteiger partial charge in [-0.2, -0.15) is 0 Å². The largest absolute Gasteiger partial charge is 0.360 e. The topological polar surface area (TPSA) is 113 Å². The van der Waals surface area contributed by atoms with Crippen molar-refractivity contribution < 1.29 is 19.2 Å². The lowest BCUT2D eigenvalue weighted by Crippen LogP contribution is -2.54. The molecule has 0 aliphatic carbocycles. The summed E-state index contributed by atoms with van der Waals surface area (Å²) in [5, 5.41) is 2.18. The zero-order valence-corrected chi connectivity index (χ0v) is 14.7. The van der Waals surface area contributed by atoms with Crippen LogP contribution in [0.1, 0.15) is 40.0 Å². The van der Waals surface area contributed by atoms with E-state index in [4.69, 9.17) is 12.2 Å². The lowest BCUT2D eigenvalue weighted by Gasteiger charge is -2.27. The Hall–Kier alpha value is -3.18. The highest BCUT2D eigenvalue weighted by molar-refractivity contribution is 6.23. The van der Waals surface area contributed by atoms with Gasteiger partial charge in [-0.25, -0.2) is 0 Å². The van der Waals surface area contributed by atoms with E-state index in [-0.39, 0.29) is 24.0 Å². The zero-order chi connectivity index (χ0) is 19.6. The number of hydrogen-bond donors (Lipinski definition) is 2. The molecule has 1 fully saturated rings. The van der Waals surface area contributed by atoms with Crippen molar-refractivity contribution >= 4 is 29.3 Å². The van der Waals surface area contributed by atoms with E-state index in [1.54, 1.807) is 18.2 Å². The Morgan fingerprint density at radius 3 is 2.63 bits per heavy atom. The molecule has 2 aliphatic heterocycles. The number of terminal acetylenes is 1. The second-order valence-electron chi connectivity index (χ2n) is 6.45. The Bertz CT molecular complexity index is 858. The first-order chi connectivity index (χ1) is 13.0. The summed E-state index contributed by atoms with van der Waals surface area (Å²) in [7, 11) is 0. The molecule has 0 saturated carbocycles. The molecule has 1 aromatic carbocycles. The Morgan fingerprint density at radius 1 is 1.22 bits per heavy atom. The number of piperidine rings is 1. The van der Waals surface area contributed by atoms with Gasteiger partial charge in [-0.3, -0.25) is 29.4 Å². The normalized spacial score (nSPS) is 19.0. The van der Waals surface area contributed by atoms with Crippen LogP contribution in [0.2, 0.25) is 0 Å². The average Bonchev–Trinajstić information content (AvgIpc) is 2.89. The van der Waals surface area contributed by atoms with Crippen LogP contribution in [-0.4, -0.2) is 54.2 Å². The third-order valence-electron chi connectivity index (χ3n) is 4.70. The van der Waals surface area contributed by atoms with Crippen molar-refractivity contribution in [2.45, 2.75) is 25.3 Å². The maximum Gasteiger partial charge on any atom is 0.262 e. The van der Waals surface area contributed by atoms with Crippen molar-refractivity contribution in [3.05, 3.63) is 29.3 Å². The molecular weight excluding hydrogens is 348 g/mol. The lowest BCUT2D eigenvalue weighted by molar-refractivity contribution is -0.136. The molecule has 1 atom stereocenters. The molecule has 2 aliphatic rings. The summed E-state index contributed by atoms with van der Waals surface area (Å²) >= 11 is 0. The number of nitrogens with one attached hydrogen (secondary N) is 1. The fraction of sp³-hybridized carbons (Fsp3) is 0.368. The molecule has 0 bridgehead atoms. The molecule has 1 aromatic rings. The molecule has 2 heterocycles. The zero-order valence-electron chi connectivity index (χ0n) is 14.7. The first-order valence-electron chi connectivity index (χ1n) is 8.72. The molecule has 1 unspecified atom stereocenters. The Kier molecular flexibility index (Phi) is 5.23. The SMILES string of the molecule is C#CCN(CCCN)c1ccc2c(c1)C(=O)N(C1CCC(=O)NC1=O)C2=O. The van der Waals surface area contributed by atoms with Crippen molar-refractivity contribution in [2.24, 2.45) is 5.73 Å². The van der Waals surface area contributed by atoms with E-state index in [0.29, 0.717) is 25.3 Å². The van der Waals surface area contributed by atoms with Gasteiger partial charge in [-0.1, -0.05) is 5.92 Å². The number of carbonyl (C=O) groups is 4. The van der Waals surface area contributed by atoms with Gasteiger partial charge in [0.15, 0.2) is 0 Å². The lowest BCUT2D eigenvalue weighted by atomic mass is 10.0. The van der Waals surface area contributed by atoms with Crippen LogP contribution in [0, 0.1) is 12.3 Å². The van der Waals surface area contributed by atoms with Gasteiger partial charge in [0.25, 0.3) is 11.8 Å². The maximum absolute atomic E-state index is 12.8. The first-order valence-corrected chi connectivity index (χ1v) is 8.72. The van der Waals surface area contributed by atoms with E-state index >= 15 is 0 Å². The van der Waals surface area contributed by atoms with Crippen molar-refractivity contribution in [3.63, 3.8) is 0 Å². The standard InChI is InChI=1S/C19H20N4O4/c1-2-9-22(10-3-8-20)12-4-5-13-14(11-12)19(27)23(18(13)26)15-6-7-16(24)21-17(15)25/h1,4-5,11,15H,3,6-10,20H2,(H,21,24,25).